The number of thiazole rings is 1. The lowest BCUT2D eigenvalue weighted by Gasteiger charge is -2.04. The normalized spacial score (nSPS) is 10.7. The Morgan fingerprint density at radius 3 is 2.41 bits per heavy atom. The van der Waals surface area contributed by atoms with Gasteiger partial charge in [-0.3, -0.25) is 14.9 Å². The fourth-order valence-corrected chi connectivity index (χ4v) is 3.61. The average molecular weight is 407 g/mol. The van der Waals surface area contributed by atoms with Crippen LogP contribution in [0.15, 0.2) is 53.9 Å². The van der Waals surface area contributed by atoms with Crippen molar-refractivity contribution in [3.63, 3.8) is 0 Å². The number of methoxy groups -OCH3 is 1. The van der Waals surface area contributed by atoms with Gasteiger partial charge in [-0.15, -0.1) is 16.4 Å². The molecule has 0 unspecified atom stereocenters. The minimum Gasteiger partial charge on any atom is -0.497 e. The zero-order chi connectivity index (χ0) is 20.4. The maximum absolute atomic E-state index is 12.4. The van der Waals surface area contributed by atoms with E-state index in [1.54, 1.807) is 35.9 Å². The zero-order valence-corrected chi connectivity index (χ0v) is 16.5. The molecule has 0 fully saturated rings. The summed E-state index contributed by atoms with van der Waals surface area (Å²) in [7, 11) is 1.57. The first-order valence-corrected chi connectivity index (χ1v) is 9.59. The number of fused-ring (bicyclic) bond motifs is 1. The van der Waals surface area contributed by atoms with E-state index >= 15 is 0 Å². The third kappa shape index (κ3) is 3.94. The molecule has 2 heterocycles. The van der Waals surface area contributed by atoms with E-state index < -0.39 is 0 Å². The van der Waals surface area contributed by atoms with Gasteiger partial charge in [0.1, 0.15) is 5.75 Å². The van der Waals surface area contributed by atoms with Crippen LogP contribution in [0.5, 0.6) is 5.75 Å². The van der Waals surface area contributed by atoms with E-state index in [2.05, 4.69) is 20.7 Å². The number of amides is 2. The molecular weight excluding hydrogens is 390 g/mol. The van der Waals surface area contributed by atoms with Gasteiger partial charge >= 0.3 is 0 Å². The van der Waals surface area contributed by atoms with E-state index in [1.807, 2.05) is 29.6 Å². The molecule has 0 saturated carbocycles. The standard InChI is InChI=1S/C20H17N5O3S/c1-12(26)21-15-7-3-13(4-8-15)17-11-29-20-23-19(24-25(17)20)22-18(27)14-5-9-16(28-2)10-6-14/h3-11H,1-2H3,(H,21,26)(H,22,24,27). The first kappa shape index (κ1) is 18.6. The molecule has 0 radical (unpaired) electrons. The van der Waals surface area contributed by atoms with Gasteiger partial charge in [-0.2, -0.15) is 4.98 Å². The molecule has 9 heteroatoms. The van der Waals surface area contributed by atoms with Crippen molar-refractivity contribution in [3.05, 3.63) is 59.5 Å². The van der Waals surface area contributed by atoms with E-state index in [9.17, 15) is 9.59 Å². The number of nitrogens with zero attached hydrogens (tertiary/aromatic N) is 3. The zero-order valence-electron chi connectivity index (χ0n) is 15.7. The van der Waals surface area contributed by atoms with Gasteiger partial charge in [0.2, 0.25) is 10.9 Å². The number of carbonyl (C=O) groups excluding carboxylic acids is 2. The van der Waals surface area contributed by atoms with Crippen LogP contribution in [0.3, 0.4) is 0 Å². The van der Waals surface area contributed by atoms with E-state index in [0.717, 1.165) is 16.9 Å². The lowest BCUT2D eigenvalue weighted by atomic mass is 10.1. The van der Waals surface area contributed by atoms with Crippen LogP contribution in [0.1, 0.15) is 17.3 Å². The topological polar surface area (TPSA) is 97.6 Å². The summed E-state index contributed by atoms with van der Waals surface area (Å²) in [5.74, 6) is 0.487. The predicted octanol–water partition coefficient (Wildman–Crippen LogP) is 3.68. The molecule has 2 aromatic carbocycles. The smallest absolute Gasteiger partial charge is 0.258 e. The van der Waals surface area contributed by atoms with Crippen LogP contribution in [0.2, 0.25) is 0 Å². The number of hydrogen-bond donors (Lipinski definition) is 2. The molecule has 2 amide bonds. The van der Waals surface area contributed by atoms with Gasteiger partial charge in [0.25, 0.3) is 11.9 Å². The molecule has 2 aromatic heterocycles. The minimum atomic E-state index is -0.299. The number of ether oxygens (including phenoxy) is 1. The van der Waals surface area contributed by atoms with Crippen LogP contribution in [0.4, 0.5) is 11.6 Å². The maximum atomic E-state index is 12.4. The highest BCUT2D eigenvalue weighted by Crippen LogP contribution is 2.27. The lowest BCUT2D eigenvalue weighted by molar-refractivity contribution is -0.114. The molecule has 2 N–H and O–H groups in total. The number of hydrogen-bond acceptors (Lipinski definition) is 6. The van der Waals surface area contributed by atoms with Crippen LogP contribution >= 0.6 is 11.3 Å². The Morgan fingerprint density at radius 1 is 1.03 bits per heavy atom. The van der Waals surface area contributed by atoms with Gasteiger partial charge < -0.3 is 10.1 Å². The minimum absolute atomic E-state index is 0.121. The van der Waals surface area contributed by atoms with Gasteiger partial charge in [0, 0.05) is 29.1 Å². The third-order valence-corrected chi connectivity index (χ3v) is 4.98. The quantitative estimate of drug-likeness (QED) is 0.526. The second kappa shape index (κ2) is 7.72. The van der Waals surface area contributed by atoms with Crippen molar-refractivity contribution in [3.8, 4) is 17.0 Å². The van der Waals surface area contributed by atoms with Gasteiger partial charge in [-0.05, 0) is 36.4 Å². The molecule has 0 aliphatic heterocycles. The monoisotopic (exact) mass is 407 g/mol. The van der Waals surface area contributed by atoms with E-state index in [-0.39, 0.29) is 17.8 Å². The molecule has 8 nitrogen and oxygen atoms in total. The Labute approximate surface area is 170 Å². The van der Waals surface area contributed by atoms with Crippen molar-refractivity contribution in [2.45, 2.75) is 6.92 Å². The Morgan fingerprint density at radius 2 is 1.76 bits per heavy atom. The SMILES string of the molecule is COc1ccc(C(=O)Nc2nc3scc(-c4ccc(NC(C)=O)cc4)n3n2)cc1. The van der Waals surface area contributed by atoms with Crippen molar-refractivity contribution < 1.29 is 14.3 Å². The Hall–Kier alpha value is -3.72. The van der Waals surface area contributed by atoms with E-state index in [0.29, 0.717) is 16.3 Å². The number of anilines is 2. The van der Waals surface area contributed by atoms with Gasteiger partial charge in [-0.1, -0.05) is 12.1 Å². The van der Waals surface area contributed by atoms with Gasteiger partial charge in [0.05, 0.1) is 12.8 Å². The van der Waals surface area contributed by atoms with Crippen LogP contribution in [0.25, 0.3) is 16.2 Å². The number of nitrogens with one attached hydrogen (secondary N) is 2. The number of rotatable bonds is 5. The first-order valence-electron chi connectivity index (χ1n) is 8.71. The fourth-order valence-electron chi connectivity index (χ4n) is 2.78. The number of aromatic nitrogens is 3. The van der Waals surface area contributed by atoms with Crippen molar-refractivity contribution in [1.29, 1.82) is 0 Å². The molecule has 0 saturated heterocycles. The molecule has 4 rings (SSSR count). The first-order chi connectivity index (χ1) is 14.0. The third-order valence-electron chi connectivity index (χ3n) is 4.16. The highest BCUT2D eigenvalue weighted by atomic mass is 32.1. The Balaban J connectivity index is 1.55. The summed E-state index contributed by atoms with van der Waals surface area (Å²) in [6.07, 6.45) is 0. The molecule has 4 aromatic rings. The van der Waals surface area contributed by atoms with Crippen molar-refractivity contribution in [2.75, 3.05) is 17.7 Å². The molecular formula is C20H17N5O3S. The second-order valence-corrected chi connectivity index (χ2v) is 7.03. The molecule has 146 valence electrons. The Kier molecular flexibility index (Phi) is 4.96. The van der Waals surface area contributed by atoms with Crippen molar-refractivity contribution in [1.82, 2.24) is 14.6 Å². The molecule has 0 spiro atoms. The summed E-state index contributed by atoms with van der Waals surface area (Å²) in [5, 5.41) is 11.8. The largest absolute Gasteiger partial charge is 0.497 e. The molecule has 0 atom stereocenters. The lowest BCUT2D eigenvalue weighted by Crippen LogP contribution is -2.13. The Bertz CT molecular complexity index is 1180. The highest BCUT2D eigenvalue weighted by Gasteiger charge is 2.14. The summed E-state index contributed by atoms with van der Waals surface area (Å²) in [4.78, 5) is 28.6. The predicted molar refractivity (Wildman–Crippen MR) is 112 cm³/mol. The van der Waals surface area contributed by atoms with E-state index in [1.165, 1.54) is 18.3 Å². The molecule has 0 aliphatic carbocycles. The fraction of sp³-hybridized carbons (Fsp3) is 0.100. The molecule has 0 bridgehead atoms. The van der Waals surface area contributed by atoms with Crippen molar-refractivity contribution >= 4 is 39.7 Å². The summed E-state index contributed by atoms with van der Waals surface area (Å²) in [6, 6.07) is 14.2. The number of carbonyl (C=O) groups is 2. The summed E-state index contributed by atoms with van der Waals surface area (Å²) in [6.45, 7) is 1.47. The average Bonchev–Trinajstić information content (AvgIpc) is 3.28. The summed E-state index contributed by atoms with van der Waals surface area (Å²) in [5.41, 5.74) is 2.97. The van der Waals surface area contributed by atoms with E-state index in [4.69, 9.17) is 4.74 Å². The molecule has 29 heavy (non-hydrogen) atoms. The van der Waals surface area contributed by atoms with Crippen LogP contribution in [-0.2, 0) is 4.79 Å². The van der Waals surface area contributed by atoms with Crippen LogP contribution in [0, 0.1) is 0 Å². The van der Waals surface area contributed by atoms with Gasteiger partial charge in [0.15, 0.2) is 0 Å². The van der Waals surface area contributed by atoms with Gasteiger partial charge in [-0.25, -0.2) is 4.52 Å². The number of benzene rings is 2. The second-order valence-electron chi connectivity index (χ2n) is 6.19. The highest BCUT2D eigenvalue weighted by molar-refractivity contribution is 7.15. The van der Waals surface area contributed by atoms with Crippen molar-refractivity contribution in [2.24, 2.45) is 0 Å². The molecule has 0 aliphatic rings. The summed E-state index contributed by atoms with van der Waals surface area (Å²) >= 11 is 1.42. The van der Waals surface area contributed by atoms with Crippen LogP contribution < -0.4 is 15.4 Å². The van der Waals surface area contributed by atoms with Crippen LogP contribution in [-0.4, -0.2) is 33.5 Å². The summed E-state index contributed by atoms with van der Waals surface area (Å²) < 4.78 is 6.78. The maximum Gasteiger partial charge on any atom is 0.258 e.